The van der Waals surface area contributed by atoms with Crippen molar-refractivity contribution in [2.75, 3.05) is 12.4 Å². The Morgan fingerprint density at radius 3 is 2.52 bits per heavy atom. The Hall–Kier alpha value is -1.95. The van der Waals surface area contributed by atoms with Gasteiger partial charge in [-0.2, -0.15) is 0 Å². The molecule has 1 aromatic carbocycles. The van der Waals surface area contributed by atoms with E-state index in [0.29, 0.717) is 12.8 Å². The van der Waals surface area contributed by atoms with E-state index in [4.69, 9.17) is 9.84 Å². The smallest absolute Gasteiger partial charge is 0.335 e. The summed E-state index contributed by atoms with van der Waals surface area (Å²) < 4.78 is 19.1. The highest BCUT2D eigenvalue weighted by atomic mass is 19.1. The van der Waals surface area contributed by atoms with Crippen molar-refractivity contribution in [3.8, 4) is 0 Å². The SMILES string of the molecule is COC1(C(=O)Nc2cc(C(=O)O)ccc2F)CCCCC1. The second-order valence-electron chi connectivity index (χ2n) is 5.21. The van der Waals surface area contributed by atoms with Crippen molar-refractivity contribution in [1.82, 2.24) is 0 Å². The number of benzene rings is 1. The lowest BCUT2D eigenvalue weighted by Gasteiger charge is -2.34. The topological polar surface area (TPSA) is 75.6 Å². The van der Waals surface area contributed by atoms with Crippen LogP contribution in [0.3, 0.4) is 0 Å². The number of amides is 1. The molecule has 2 N–H and O–H groups in total. The molecule has 0 spiro atoms. The Morgan fingerprint density at radius 1 is 1.29 bits per heavy atom. The van der Waals surface area contributed by atoms with E-state index < -0.39 is 23.3 Å². The van der Waals surface area contributed by atoms with Crippen molar-refractivity contribution in [2.24, 2.45) is 0 Å². The molecule has 114 valence electrons. The van der Waals surface area contributed by atoms with Crippen molar-refractivity contribution in [3.05, 3.63) is 29.6 Å². The number of anilines is 1. The molecule has 0 aromatic heterocycles. The Labute approximate surface area is 122 Å². The van der Waals surface area contributed by atoms with Gasteiger partial charge in [0.15, 0.2) is 0 Å². The second kappa shape index (κ2) is 6.22. The summed E-state index contributed by atoms with van der Waals surface area (Å²) in [4.78, 5) is 23.3. The number of ether oxygens (including phenoxy) is 1. The first-order valence-corrected chi connectivity index (χ1v) is 6.88. The van der Waals surface area contributed by atoms with Crippen LogP contribution in [0.15, 0.2) is 18.2 Å². The lowest BCUT2D eigenvalue weighted by atomic mass is 9.84. The fourth-order valence-corrected chi connectivity index (χ4v) is 2.64. The number of carboxylic acids is 1. The van der Waals surface area contributed by atoms with Crippen LogP contribution in [0.5, 0.6) is 0 Å². The summed E-state index contributed by atoms with van der Waals surface area (Å²) in [5.41, 5.74) is -1.17. The highest BCUT2D eigenvalue weighted by molar-refractivity contribution is 5.98. The average molecular weight is 295 g/mol. The number of carbonyl (C=O) groups excluding carboxylic acids is 1. The van der Waals surface area contributed by atoms with E-state index in [1.807, 2.05) is 0 Å². The van der Waals surface area contributed by atoms with Crippen molar-refractivity contribution in [1.29, 1.82) is 0 Å². The van der Waals surface area contributed by atoms with E-state index in [1.54, 1.807) is 0 Å². The third-order valence-corrected chi connectivity index (χ3v) is 3.93. The van der Waals surface area contributed by atoms with Crippen LogP contribution < -0.4 is 5.32 Å². The van der Waals surface area contributed by atoms with Crippen molar-refractivity contribution in [2.45, 2.75) is 37.7 Å². The summed E-state index contributed by atoms with van der Waals surface area (Å²) in [5, 5.41) is 11.4. The molecule has 1 aliphatic rings. The van der Waals surface area contributed by atoms with Crippen LogP contribution in [0, 0.1) is 5.82 Å². The van der Waals surface area contributed by atoms with Crippen LogP contribution in [0.2, 0.25) is 0 Å². The summed E-state index contributed by atoms with van der Waals surface area (Å²) >= 11 is 0. The fourth-order valence-electron chi connectivity index (χ4n) is 2.64. The normalized spacial score (nSPS) is 17.2. The molecule has 2 rings (SSSR count). The van der Waals surface area contributed by atoms with Crippen LogP contribution in [-0.4, -0.2) is 29.7 Å². The average Bonchev–Trinajstić information content (AvgIpc) is 2.49. The molecule has 1 aliphatic carbocycles. The third kappa shape index (κ3) is 3.21. The molecule has 0 aliphatic heterocycles. The van der Waals surface area contributed by atoms with Crippen LogP contribution in [0.4, 0.5) is 10.1 Å². The van der Waals surface area contributed by atoms with Gasteiger partial charge in [0.1, 0.15) is 11.4 Å². The zero-order valence-electron chi connectivity index (χ0n) is 11.8. The minimum Gasteiger partial charge on any atom is -0.478 e. The second-order valence-corrected chi connectivity index (χ2v) is 5.21. The maximum Gasteiger partial charge on any atom is 0.335 e. The van der Waals surface area contributed by atoms with Crippen LogP contribution >= 0.6 is 0 Å². The third-order valence-electron chi connectivity index (χ3n) is 3.93. The van der Waals surface area contributed by atoms with E-state index >= 15 is 0 Å². The lowest BCUT2D eigenvalue weighted by molar-refractivity contribution is -0.141. The Morgan fingerprint density at radius 2 is 1.95 bits per heavy atom. The monoisotopic (exact) mass is 295 g/mol. The molecule has 1 aromatic rings. The minimum atomic E-state index is -1.18. The lowest BCUT2D eigenvalue weighted by Crippen LogP contribution is -2.46. The van der Waals surface area contributed by atoms with E-state index in [9.17, 15) is 14.0 Å². The molecular formula is C15H18FNO4. The first-order chi connectivity index (χ1) is 9.98. The summed E-state index contributed by atoms with van der Waals surface area (Å²) in [7, 11) is 1.47. The van der Waals surface area contributed by atoms with E-state index in [1.165, 1.54) is 7.11 Å². The molecule has 5 nitrogen and oxygen atoms in total. The zero-order chi connectivity index (χ0) is 15.5. The molecule has 0 unspecified atom stereocenters. The number of halogens is 1. The maximum absolute atomic E-state index is 13.7. The van der Waals surface area contributed by atoms with Crippen LogP contribution in [-0.2, 0) is 9.53 Å². The predicted molar refractivity (Wildman–Crippen MR) is 74.8 cm³/mol. The number of carboxylic acid groups (broad SMARTS) is 1. The molecule has 21 heavy (non-hydrogen) atoms. The minimum absolute atomic E-state index is 0.0817. The van der Waals surface area contributed by atoms with Gasteiger partial charge in [0, 0.05) is 7.11 Å². The van der Waals surface area contributed by atoms with Crippen molar-refractivity contribution in [3.63, 3.8) is 0 Å². The van der Waals surface area contributed by atoms with E-state index in [2.05, 4.69) is 5.32 Å². The van der Waals surface area contributed by atoms with E-state index in [0.717, 1.165) is 37.5 Å². The number of rotatable bonds is 4. The van der Waals surface area contributed by atoms with Gasteiger partial charge >= 0.3 is 5.97 Å². The van der Waals surface area contributed by atoms with Crippen molar-refractivity contribution < 1.29 is 23.8 Å². The quantitative estimate of drug-likeness (QED) is 0.895. The molecule has 6 heteroatoms. The zero-order valence-corrected chi connectivity index (χ0v) is 11.8. The van der Waals surface area contributed by atoms with Gasteiger partial charge in [-0.15, -0.1) is 0 Å². The number of carbonyl (C=O) groups is 2. The fraction of sp³-hybridized carbons (Fsp3) is 0.467. The molecule has 1 saturated carbocycles. The van der Waals surface area contributed by atoms with Gasteiger partial charge in [0.2, 0.25) is 0 Å². The molecule has 0 heterocycles. The Kier molecular flexibility index (Phi) is 4.57. The summed E-state index contributed by atoms with van der Waals surface area (Å²) in [6, 6.07) is 3.29. The molecule has 0 saturated heterocycles. The molecule has 0 atom stereocenters. The van der Waals surface area contributed by atoms with Gasteiger partial charge in [-0.25, -0.2) is 9.18 Å². The first kappa shape index (κ1) is 15.4. The number of nitrogens with one attached hydrogen (secondary N) is 1. The molecule has 0 radical (unpaired) electrons. The first-order valence-electron chi connectivity index (χ1n) is 6.88. The molecule has 1 fully saturated rings. The van der Waals surface area contributed by atoms with Gasteiger partial charge in [-0.3, -0.25) is 4.79 Å². The number of methoxy groups -OCH3 is 1. The summed E-state index contributed by atoms with van der Waals surface area (Å²) in [5.74, 6) is -2.27. The van der Waals surface area contributed by atoms with Gasteiger partial charge in [0.05, 0.1) is 11.3 Å². The van der Waals surface area contributed by atoms with Gasteiger partial charge < -0.3 is 15.2 Å². The number of hydrogen-bond donors (Lipinski definition) is 2. The Balaban J connectivity index is 2.22. The highest BCUT2D eigenvalue weighted by Crippen LogP contribution is 2.32. The van der Waals surface area contributed by atoms with E-state index in [-0.39, 0.29) is 11.3 Å². The summed E-state index contributed by atoms with van der Waals surface area (Å²) in [6.45, 7) is 0. The van der Waals surface area contributed by atoms with Gasteiger partial charge in [-0.05, 0) is 31.0 Å². The van der Waals surface area contributed by atoms with Gasteiger partial charge in [-0.1, -0.05) is 19.3 Å². The molecule has 1 amide bonds. The highest BCUT2D eigenvalue weighted by Gasteiger charge is 2.39. The van der Waals surface area contributed by atoms with Gasteiger partial charge in [0.25, 0.3) is 5.91 Å². The summed E-state index contributed by atoms with van der Waals surface area (Å²) in [6.07, 6.45) is 3.95. The largest absolute Gasteiger partial charge is 0.478 e. The van der Waals surface area contributed by atoms with Crippen LogP contribution in [0.25, 0.3) is 0 Å². The number of aromatic carboxylic acids is 1. The standard InChI is InChI=1S/C15H18FNO4/c1-21-15(7-3-2-4-8-15)14(20)17-12-9-10(13(18)19)5-6-11(12)16/h5-6,9H,2-4,7-8H2,1H3,(H,17,20)(H,18,19). The van der Waals surface area contributed by atoms with Crippen LogP contribution in [0.1, 0.15) is 42.5 Å². The maximum atomic E-state index is 13.7. The number of hydrogen-bond acceptors (Lipinski definition) is 3. The van der Waals surface area contributed by atoms with Crippen molar-refractivity contribution >= 4 is 17.6 Å². The predicted octanol–water partition coefficient (Wildman–Crippen LogP) is 2.81. The molecule has 0 bridgehead atoms. The Bertz CT molecular complexity index is 553. The molecular weight excluding hydrogens is 277 g/mol.